The highest BCUT2D eigenvalue weighted by atomic mass is 32.2. The minimum atomic E-state index is -4.03. The van der Waals surface area contributed by atoms with Crippen LogP contribution in [0.2, 0.25) is 0 Å². The molecule has 3 aromatic rings. The molecule has 1 saturated heterocycles. The molecule has 0 bridgehead atoms. The first-order valence-corrected chi connectivity index (χ1v) is 12.4. The zero-order valence-electron chi connectivity index (χ0n) is 15.6. The van der Waals surface area contributed by atoms with Crippen LogP contribution in [0.4, 0.5) is 10.1 Å². The molecule has 1 aliphatic rings. The maximum absolute atomic E-state index is 14.4. The fourth-order valence-corrected chi connectivity index (χ4v) is 7.83. The number of carbonyl (C=O) groups is 1. The molecule has 0 spiro atoms. The number of pyridine rings is 1. The van der Waals surface area contributed by atoms with Gasteiger partial charge in [0.2, 0.25) is 0 Å². The summed E-state index contributed by atoms with van der Waals surface area (Å²) in [5.74, 6) is -2.41. The summed E-state index contributed by atoms with van der Waals surface area (Å²) in [5, 5.41) is 2.24. The lowest BCUT2D eigenvalue weighted by Gasteiger charge is -2.13. The van der Waals surface area contributed by atoms with Gasteiger partial charge in [0.05, 0.1) is 38.4 Å². The second-order valence-corrected chi connectivity index (χ2v) is 11.5. The van der Waals surface area contributed by atoms with Crippen molar-refractivity contribution in [2.24, 2.45) is 0 Å². The maximum Gasteiger partial charge on any atom is 0.258 e. The summed E-state index contributed by atoms with van der Waals surface area (Å²) in [4.78, 5) is 16.6. The molecule has 0 unspecified atom stereocenters. The third-order valence-corrected chi connectivity index (χ3v) is 9.19. The highest BCUT2D eigenvalue weighted by Gasteiger charge is 2.38. The zero-order valence-corrected chi connectivity index (χ0v) is 17.2. The summed E-state index contributed by atoms with van der Waals surface area (Å²) in [6, 6.07) is 11.6. The molecule has 1 N–H and O–H groups in total. The molecule has 1 aliphatic heterocycles. The Kier molecular flexibility index (Phi) is 5.07. The summed E-state index contributed by atoms with van der Waals surface area (Å²) >= 11 is 0. The molecule has 2 aromatic carbocycles. The molecule has 156 valence electrons. The SMILES string of the molecule is O=C(Nc1cccc2cccnc12)c1cc(S(=O)(=O)[C@@H]2CCS(=O)(=O)C2)ccc1F. The molecule has 30 heavy (non-hydrogen) atoms. The van der Waals surface area contributed by atoms with E-state index in [2.05, 4.69) is 10.3 Å². The van der Waals surface area contributed by atoms with Crippen molar-refractivity contribution in [3.8, 4) is 0 Å². The van der Waals surface area contributed by atoms with E-state index >= 15 is 0 Å². The van der Waals surface area contributed by atoms with E-state index in [9.17, 15) is 26.0 Å². The summed E-state index contributed by atoms with van der Waals surface area (Å²) in [6.07, 6.45) is 1.53. The quantitative estimate of drug-likeness (QED) is 0.615. The summed E-state index contributed by atoms with van der Waals surface area (Å²) in [5.41, 5.74) is 0.409. The third kappa shape index (κ3) is 3.80. The van der Waals surface area contributed by atoms with Crippen LogP contribution < -0.4 is 5.32 Å². The fraction of sp³-hybridized carbons (Fsp3) is 0.200. The van der Waals surface area contributed by atoms with E-state index in [1.807, 2.05) is 0 Å². The lowest BCUT2D eigenvalue weighted by atomic mass is 10.1. The average Bonchev–Trinajstić information content (AvgIpc) is 3.09. The van der Waals surface area contributed by atoms with Crippen molar-refractivity contribution in [2.45, 2.75) is 16.6 Å². The number of nitrogens with zero attached hydrogens (tertiary/aromatic N) is 1. The molecule has 0 aliphatic carbocycles. The monoisotopic (exact) mass is 448 g/mol. The second-order valence-electron chi connectivity index (χ2n) is 7.05. The molecule has 7 nitrogen and oxygen atoms in total. The average molecular weight is 448 g/mol. The van der Waals surface area contributed by atoms with Gasteiger partial charge in [0, 0.05) is 11.6 Å². The van der Waals surface area contributed by atoms with Gasteiger partial charge in [-0.3, -0.25) is 9.78 Å². The van der Waals surface area contributed by atoms with Crippen LogP contribution in [0.15, 0.2) is 59.6 Å². The standard InChI is InChI=1S/C20H17FN2O5S2/c21-17-7-6-14(30(27,28)15-8-10-29(25,26)12-15)11-16(17)20(24)23-18-5-1-3-13-4-2-9-22-19(13)18/h1-7,9,11,15H,8,10,12H2,(H,23,24)/t15-/m1/s1. The topological polar surface area (TPSA) is 110 Å². The number of para-hydroxylation sites is 1. The number of rotatable bonds is 4. The van der Waals surface area contributed by atoms with Crippen LogP contribution in [0.5, 0.6) is 0 Å². The van der Waals surface area contributed by atoms with Crippen LogP contribution in [0, 0.1) is 5.82 Å². The van der Waals surface area contributed by atoms with E-state index in [1.165, 1.54) is 0 Å². The minimum absolute atomic E-state index is 0.0226. The van der Waals surface area contributed by atoms with E-state index in [0.717, 1.165) is 23.6 Å². The summed E-state index contributed by atoms with van der Waals surface area (Å²) < 4.78 is 63.3. The van der Waals surface area contributed by atoms with Crippen LogP contribution in [0.3, 0.4) is 0 Å². The van der Waals surface area contributed by atoms with Crippen LogP contribution >= 0.6 is 0 Å². The normalized spacial score (nSPS) is 18.4. The van der Waals surface area contributed by atoms with E-state index in [1.54, 1.807) is 36.5 Å². The van der Waals surface area contributed by atoms with E-state index in [-0.39, 0.29) is 17.1 Å². The van der Waals surface area contributed by atoms with Crippen molar-refractivity contribution in [1.82, 2.24) is 4.98 Å². The molecule has 4 rings (SSSR count). The van der Waals surface area contributed by atoms with Crippen molar-refractivity contribution >= 4 is 42.2 Å². The molecule has 1 fully saturated rings. The van der Waals surface area contributed by atoms with Crippen molar-refractivity contribution < 1.29 is 26.0 Å². The Hall–Kier alpha value is -2.85. The van der Waals surface area contributed by atoms with Gasteiger partial charge in [0.15, 0.2) is 19.7 Å². The van der Waals surface area contributed by atoms with Crippen LogP contribution in [-0.2, 0) is 19.7 Å². The molecular weight excluding hydrogens is 431 g/mol. The first-order valence-electron chi connectivity index (χ1n) is 9.06. The number of benzene rings is 2. The van der Waals surface area contributed by atoms with Gasteiger partial charge in [-0.2, -0.15) is 0 Å². The van der Waals surface area contributed by atoms with Crippen LogP contribution in [-0.4, -0.2) is 44.5 Å². The first kappa shape index (κ1) is 20.4. The summed E-state index contributed by atoms with van der Waals surface area (Å²) in [6.45, 7) is 0. The number of halogens is 1. The largest absolute Gasteiger partial charge is 0.320 e. The smallest absolute Gasteiger partial charge is 0.258 e. The predicted octanol–water partition coefficient (Wildman–Crippen LogP) is 2.59. The lowest BCUT2D eigenvalue weighted by molar-refractivity contribution is 0.102. The molecule has 0 radical (unpaired) electrons. The van der Waals surface area contributed by atoms with Gasteiger partial charge < -0.3 is 5.32 Å². The summed E-state index contributed by atoms with van der Waals surface area (Å²) in [7, 11) is -7.45. The maximum atomic E-state index is 14.4. The number of hydrogen-bond acceptors (Lipinski definition) is 6. The number of nitrogens with one attached hydrogen (secondary N) is 1. The van der Waals surface area contributed by atoms with Gasteiger partial charge in [0.1, 0.15) is 5.82 Å². The van der Waals surface area contributed by atoms with Gasteiger partial charge in [-0.25, -0.2) is 21.2 Å². The molecular formula is C20H17FN2O5S2. The van der Waals surface area contributed by atoms with E-state index in [4.69, 9.17) is 0 Å². The van der Waals surface area contributed by atoms with Crippen LogP contribution in [0.25, 0.3) is 10.9 Å². The van der Waals surface area contributed by atoms with Crippen molar-refractivity contribution in [1.29, 1.82) is 0 Å². The molecule has 1 aromatic heterocycles. The molecule has 1 amide bonds. The Morgan fingerprint density at radius 1 is 1.13 bits per heavy atom. The van der Waals surface area contributed by atoms with Gasteiger partial charge in [-0.05, 0) is 36.8 Å². The van der Waals surface area contributed by atoms with Gasteiger partial charge in [-0.1, -0.05) is 18.2 Å². The Morgan fingerprint density at radius 2 is 1.90 bits per heavy atom. The third-order valence-electron chi connectivity index (χ3n) is 5.02. The number of carbonyl (C=O) groups excluding carboxylic acids is 1. The first-order chi connectivity index (χ1) is 14.2. The molecule has 10 heteroatoms. The van der Waals surface area contributed by atoms with Gasteiger partial charge in [-0.15, -0.1) is 0 Å². The van der Waals surface area contributed by atoms with Crippen LogP contribution in [0.1, 0.15) is 16.8 Å². The predicted molar refractivity (Wildman–Crippen MR) is 110 cm³/mol. The highest BCUT2D eigenvalue weighted by Crippen LogP contribution is 2.27. The Bertz CT molecular complexity index is 1370. The number of anilines is 1. The minimum Gasteiger partial charge on any atom is -0.320 e. The number of fused-ring (bicyclic) bond motifs is 1. The van der Waals surface area contributed by atoms with E-state index in [0.29, 0.717) is 11.2 Å². The van der Waals surface area contributed by atoms with Crippen molar-refractivity contribution in [3.05, 3.63) is 66.1 Å². The molecule has 2 heterocycles. The lowest BCUT2D eigenvalue weighted by Crippen LogP contribution is -2.23. The number of hydrogen-bond donors (Lipinski definition) is 1. The van der Waals surface area contributed by atoms with Crippen molar-refractivity contribution in [2.75, 3.05) is 16.8 Å². The second kappa shape index (κ2) is 7.44. The van der Waals surface area contributed by atoms with Gasteiger partial charge >= 0.3 is 0 Å². The Labute approximate surface area is 172 Å². The van der Waals surface area contributed by atoms with Crippen molar-refractivity contribution in [3.63, 3.8) is 0 Å². The fourth-order valence-electron chi connectivity index (χ4n) is 3.45. The number of amides is 1. The zero-order chi connectivity index (χ0) is 21.5. The van der Waals surface area contributed by atoms with E-state index < -0.39 is 48.0 Å². The molecule has 1 atom stereocenters. The number of aromatic nitrogens is 1. The number of sulfone groups is 2. The molecule has 0 saturated carbocycles. The Morgan fingerprint density at radius 3 is 2.63 bits per heavy atom. The Balaban J connectivity index is 1.67. The van der Waals surface area contributed by atoms with Gasteiger partial charge in [0.25, 0.3) is 5.91 Å². The highest BCUT2D eigenvalue weighted by molar-refractivity contribution is 7.96.